The zero-order chi connectivity index (χ0) is 14.5. The van der Waals surface area contributed by atoms with Crippen LogP contribution in [0.4, 0.5) is 0 Å². The second-order valence-electron chi connectivity index (χ2n) is 4.13. The van der Waals surface area contributed by atoms with Crippen molar-refractivity contribution in [1.82, 2.24) is 0 Å². The van der Waals surface area contributed by atoms with E-state index in [1.54, 1.807) is 6.07 Å². The number of rotatable bonds is 5. The van der Waals surface area contributed by atoms with Crippen LogP contribution in [0.3, 0.4) is 0 Å². The third-order valence-electron chi connectivity index (χ3n) is 2.61. The van der Waals surface area contributed by atoms with Crippen molar-refractivity contribution in [2.45, 2.75) is 6.42 Å². The molecule has 0 bridgehead atoms. The standard InChI is InChI=1S/C15H12O4S/c16-12(9-13(17)15(18)19)14-7-6-11(20-14)8-10-4-2-1-3-5-10/h1-7,9,17H,8H2,(H,18,19)/b13-9-. The van der Waals surface area contributed by atoms with Gasteiger partial charge < -0.3 is 10.2 Å². The number of carboxylic acid groups (broad SMARTS) is 1. The highest BCUT2D eigenvalue weighted by molar-refractivity contribution is 7.14. The summed E-state index contributed by atoms with van der Waals surface area (Å²) in [6, 6.07) is 13.3. The Kier molecular flexibility index (Phi) is 4.32. The molecule has 102 valence electrons. The summed E-state index contributed by atoms with van der Waals surface area (Å²) in [5.74, 6) is -2.97. The van der Waals surface area contributed by atoms with Crippen LogP contribution in [-0.4, -0.2) is 22.0 Å². The second kappa shape index (κ2) is 6.16. The molecular weight excluding hydrogens is 276 g/mol. The molecule has 5 heteroatoms. The number of aliphatic carboxylic acids is 1. The average molecular weight is 288 g/mol. The van der Waals surface area contributed by atoms with E-state index in [2.05, 4.69) is 0 Å². The molecule has 0 radical (unpaired) electrons. The highest BCUT2D eigenvalue weighted by Crippen LogP contribution is 2.21. The van der Waals surface area contributed by atoms with Crippen LogP contribution < -0.4 is 0 Å². The summed E-state index contributed by atoms with van der Waals surface area (Å²) in [4.78, 5) is 23.6. The zero-order valence-corrected chi connectivity index (χ0v) is 11.3. The highest BCUT2D eigenvalue weighted by atomic mass is 32.1. The molecule has 0 aliphatic rings. The molecule has 0 unspecified atom stereocenters. The maximum absolute atomic E-state index is 11.7. The number of aliphatic hydroxyl groups is 1. The lowest BCUT2D eigenvalue weighted by Crippen LogP contribution is -2.02. The van der Waals surface area contributed by atoms with E-state index < -0.39 is 17.5 Å². The van der Waals surface area contributed by atoms with Crippen LogP contribution in [0.1, 0.15) is 20.1 Å². The van der Waals surface area contributed by atoms with Gasteiger partial charge >= 0.3 is 5.97 Å². The molecule has 1 aromatic heterocycles. The van der Waals surface area contributed by atoms with Gasteiger partial charge in [0, 0.05) is 17.4 Å². The van der Waals surface area contributed by atoms with Crippen molar-refractivity contribution >= 4 is 23.1 Å². The number of hydrogen-bond acceptors (Lipinski definition) is 4. The topological polar surface area (TPSA) is 74.6 Å². The Morgan fingerprint density at radius 1 is 1.05 bits per heavy atom. The van der Waals surface area contributed by atoms with Gasteiger partial charge in [0.25, 0.3) is 0 Å². The maximum atomic E-state index is 11.7. The lowest BCUT2D eigenvalue weighted by molar-refractivity contribution is -0.135. The van der Waals surface area contributed by atoms with Gasteiger partial charge in [0.05, 0.1) is 4.88 Å². The van der Waals surface area contributed by atoms with E-state index in [1.165, 1.54) is 11.3 Å². The number of benzene rings is 1. The molecule has 0 amide bonds. The molecule has 0 atom stereocenters. The Hall–Kier alpha value is -2.40. The predicted octanol–water partition coefficient (Wildman–Crippen LogP) is 3.05. The first-order valence-corrected chi connectivity index (χ1v) is 6.69. The Balaban J connectivity index is 2.11. The Bertz CT molecular complexity index is 656. The number of carbonyl (C=O) groups is 2. The van der Waals surface area contributed by atoms with Crippen molar-refractivity contribution < 1.29 is 19.8 Å². The van der Waals surface area contributed by atoms with Crippen LogP contribution in [0.25, 0.3) is 0 Å². The van der Waals surface area contributed by atoms with Crippen molar-refractivity contribution in [2.24, 2.45) is 0 Å². The molecule has 2 rings (SSSR count). The smallest absolute Gasteiger partial charge is 0.371 e. The molecule has 20 heavy (non-hydrogen) atoms. The minimum Gasteiger partial charge on any atom is -0.502 e. The molecule has 4 nitrogen and oxygen atoms in total. The molecule has 1 heterocycles. The third kappa shape index (κ3) is 3.55. The fourth-order valence-electron chi connectivity index (χ4n) is 1.66. The van der Waals surface area contributed by atoms with E-state index in [-0.39, 0.29) is 0 Å². The number of hydrogen-bond donors (Lipinski definition) is 2. The van der Waals surface area contributed by atoms with Crippen molar-refractivity contribution in [3.8, 4) is 0 Å². The number of allylic oxidation sites excluding steroid dienone is 1. The van der Waals surface area contributed by atoms with Gasteiger partial charge in [-0.25, -0.2) is 4.79 Å². The van der Waals surface area contributed by atoms with Crippen molar-refractivity contribution in [1.29, 1.82) is 0 Å². The number of carboxylic acids is 1. The molecule has 0 saturated carbocycles. The lowest BCUT2D eigenvalue weighted by atomic mass is 10.1. The fourth-order valence-corrected chi connectivity index (χ4v) is 2.61. The molecule has 0 aliphatic carbocycles. The molecule has 0 aliphatic heterocycles. The first-order valence-electron chi connectivity index (χ1n) is 5.87. The summed E-state index contributed by atoms with van der Waals surface area (Å²) in [7, 11) is 0. The van der Waals surface area contributed by atoms with Crippen molar-refractivity contribution in [3.63, 3.8) is 0 Å². The molecule has 0 fully saturated rings. The van der Waals surface area contributed by atoms with Gasteiger partial charge in [-0.2, -0.15) is 0 Å². The van der Waals surface area contributed by atoms with E-state index in [0.29, 0.717) is 11.3 Å². The monoisotopic (exact) mass is 288 g/mol. The van der Waals surface area contributed by atoms with Crippen LogP contribution >= 0.6 is 11.3 Å². The number of ketones is 1. The Morgan fingerprint density at radius 2 is 1.75 bits per heavy atom. The van der Waals surface area contributed by atoms with Crippen molar-refractivity contribution in [2.75, 3.05) is 0 Å². The van der Waals surface area contributed by atoms with Crippen LogP contribution in [0.2, 0.25) is 0 Å². The average Bonchev–Trinajstić information content (AvgIpc) is 2.88. The molecule has 2 N–H and O–H groups in total. The van der Waals surface area contributed by atoms with E-state index >= 15 is 0 Å². The number of aliphatic hydroxyl groups excluding tert-OH is 1. The largest absolute Gasteiger partial charge is 0.502 e. The lowest BCUT2D eigenvalue weighted by Gasteiger charge is -1.97. The SMILES string of the molecule is O=C(O)/C(O)=C/C(=O)c1ccc(Cc2ccccc2)s1. The van der Waals surface area contributed by atoms with E-state index in [4.69, 9.17) is 10.2 Å². The normalized spacial score (nSPS) is 11.3. The van der Waals surface area contributed by atoms with Gasteiger partial charge in [-0.05, 0) is 17.7 Å². The second-order valence-corrected chi connectivity index (χ2v) is 5.30. The van der Waals surface area contributed by atoms with Gasteiger partial charge in [-0.1, -0.05) is 30.3 Å². The summed E-state index contributed by atoms with van der Waals surface area (Å²) >= 11 is 1.29. The Morgan fingerprint density at radius 3 is 2.40 bits per heavy atom. The number of thiophene rings is 1. The van der Waals surface area contributed by atoms with E-state index in [0.717, 1.165) is 16.5 Å². The van der Waals surface area contributed by atoms with Gasteiger partial charge in [0.15, 0.2) is 5.78 Å². The molecule has 0 saturated heterocycles. The summed E-state index contributed by atoms with van der Waals surface area (Å²) in [6.45, 7) is 0. The Labute approximate surface area is 119 Å². The first-order chi connectivity index (χ1) is 9.56. The molecular formula is C15H12O4S. The van der Waals surface area contributed by atoms with Gasteiger partial charge in [0.1, 0.15) is 0 Å². The summed E-state index contributed by atoms with van der Waals surface area (Å²) < 4.78 is 0. The summed E-state index contributed by atoms with van der Waals surface area (Å²) in [6.07, 6.45) is 1.44. The van der Waals surface area contributed by atoms with Crippen LogP contribution in [0.5, 0.6) is 0 Å². The fraction of sp³-hybridized carbons (Fsp3) is 0.0667. The predicted molar refractivity (Wildman–Crippen MR) is 76.2 cm³/mol. The van der Waals surface area contributed by atoms with Crippen molar-refractivity contribution in [3.05, 3.63) is 69.6 Å². The van der Waals surface area contributed by atoms with E-state index in [9.17, 15) is 9.59 Å². The molecule has 1 aromatic carbocycles. The minimum absolute atomic E-state index is 0.406. The molecule has 0 spiro atoms. The molecule has 2 aromatic rings. The van der Waals surface area contributed by atoms with Crippen LogP contribution in [-0.2, 0) is 11.2 Å². The zero-order valence-electron chi connectivity index (χ0n) is 10.4. The summed E-state index contributed by atoms with van der Waals surface area (Å²) in [5.41, 5.74) is 1.14. The quantitative estimate of drug-likeness (QED) is 0.504. The van der Waals surface area contributed by atoms with E-state index in [1.807, 2.05) is 36.4 Å². The third-order valence-corrected chi connectivity index (χ3v) is 3.71. The van der Waals surface area contributed by atoms with Crippen LogP contribution in [0, 0.1) is 0 Å². The highest BCUT2D eigenvalue weighted by Gasteiger charge is 2.11. The van der Waals surface area contributed by atoms with Crippen LogP contribution in [0.15, 0.2) is 54.3 Å². The summed E-state index contributed by atoms with van der Waals surface area (Å²) in [5, 5.41) is 17.6. The van der Waals surface area contributed by atoms with Gasteiger partial charge in [-0.15, -0.1) is 11.3 Å². The van der Waals surface area contributed by atoms with Gasteiger partial charge in [0.2, 0.25) is 5.76 Å². The first kappa shape index (κ1) is 14.0. The van der Waals surface area contributed by atoms with Gasteiger partial charge in [-0.3, -0.25) is 4.79 Å². The minimum atomic E-state index is -1.51. The maximum Gasteiger partial charge on any atom is 0.371 e. The number of carbonyl (C=O) groups excluding carboxylic acids is 1.